The predicted molar refractivity (Wildman–Crippen MR) is 50.4 cm³/mol. The van der Waals surface area contributed by atoms with Crippen LogP contribution >= 0.6 is 0 Å². The van der Waals surface area contributed by atoms with Crippen molar-refractivity contribution < 1.29 is 13.2 Å². The van der Waals surface area contributed by atoms with E-state index >= 15 is 0 Å². The summed E-state index contributed by atoms with van der Waals surface area (Å²) in [6.45, 7) is 1.62. The number of nitrogens with zero attached hydrogens (tertiary/aromatic N) is 2. The van der Waals surface area contributed by atoms with Crippen molar-refractivity contribution in [2.45, 2.75) is 12.1 Å². The molecule has 1 aromatic rings. The second-order valence-corrected chi connectivity index (χ2v) is 3.83. The molecule has 0 fully saturated rings. The Morgan fingerprint density at radius 1 is 1.43 bits per heavy atom. The van der Waals surface area contributed by atoms with Gasteiger partial charge in [-0.15, -0.1) is 0 Å². The Morgan fingerprint density at radius 3 is 2.43 bits per heavy atom. The Hall–Kier alpha value is -0.210. The Kier molecular flexibility index (Phi) is 4.96. The minimum Gasteiger partial charge on any atom is -0.481 e. The molecule has 0 unspecified atom stereocenters. The van der Waals surface area contributed by atoms with Crippen molar-refractivity contribution in [2.24, 2.45) is 5.14 Å². The zero-order valence-electron chi connectivity index (χ0n) is 8.18. The summed E-state index contributed by atoms with van der Waals surface area (Å²) in [6, 6.07) is 1.51. The molecular formula is C6H9N3NaO3S. The third-order valence-electron chi connectivity index (χ3n) is 1.27. The molecule has 0 atom stereocenters. The first-order valence-electron chi connectivity index (χ1n) is 3.36. The molecule has 0 bridgehead atoms. The number of rotatable bonds is 2. The largest absolute Gasteiger partial charge is 0.481 e. The minimum atomic E-state index is -3.86. The molecule has 1 heterocycles. The number of aryl methyl sites for hydroxylation is 1. The second kappa shape index (κ2) is 5.04. The molecule has 2 N–H and O–H groups in total. The normalized spacial score (nSPS) is 10.5. The average molecular weight is 226 g/mol. The van der Waals surface area contributed by atoms with Crippen LogP contribution in [0.1, 0.15) is 5.69 Å². The quantitative estimate of drug-likeness (QED) is 0.518. The molecule has 1 aromatic heterocycles. The van der Waals surface area contributed by atoms with Gasteiger partial charge in [-0.25, -0.2) is 18.5 Å². The summed E-state index contributed by atoms with van der Waals surface area (Å²) >= 11 is 0. The molecule has 0 aromatic carbocycles. The zero-order valence-corrected chi connectivity index (χ0v) is 11.0. The fraction of sp³-hybridized carbons (Fsp3) is 0.333. The zero-order chi connectivity index (χ0) is 10.1. The van der Waals surface area contributed by atoms with Crippen LogP contribution in [0.25, 0.3) is 0 Å². The van der Waals surface area contributed by atoms with Gasteiger partial charge in [0.05, 0.1) is 7.11 Å². The van der Waals surface area contributed by atoms with E-state index in [1.54, 1.807) is 6.92 Å². The van der Waals surface area contributed by atoms with E-state index in [2.05, 4.69) is 9.97 Å². The molecule has 73 valence electrons. The fourth-order valence-electron chi connectivity index (χ4n) is 0.745. The van der Waals surface area contributed by atoms with E-state index < -0.39 is 15.2 Å². The topological polar surface area (TPSA) is 95.2 Å². The number of primary sulfonamides is 1. The van der Waals surface area contributed by atoms with E-state index in [0.29, 0.717) is 5.69 Å². The Morgan fingerprint density at radius 2 is 2.00 bits per heavy atom. The minimum absolute atomic E-state index is 0. The van der Waals surface area contributed by atoms with Crippen molar-refractivity contribution in [2.75, 3.05) is 7.11 Å². The maximum Gasteiger partial charge on any atom is 0.273 e. The Balaban J connectivity index is 0.00000169. The van der Waals surface area contributed by atoms with Crippen LogP contribution in [0.3, 0.4) is 0 Å². The summed E-state index contributed by atoms with van der Waals surface area (Å²) < 4.78 is 26.5. The second-order valence-electron chi connectivity index (χ2n) is 2.38. The molecule has 0 aliphatic rings. The third-order valence-corrected chi connectivity index (χ3v) is 1.97. The molecule has 0 spiro atoms. The summed E-state index contributed by atoms with van der Waals surface area (Å²) in [7, 11) is -2.48. The first kappa shape index (κ1) is 13.8. The number of sulfonamides is 1. The number of methoxy groups -OCH3 is 1. The summed E-state index contributed by atoms with van der Waals surface area (Å²) in [4.78, 5) is 7.23. The number of hydrogen-bond acceptors (Lipinski definition) is 5. The van der Waals surface area contributed by atoms with Crippen molar-refractivity contribution in [3.63, 3.8) is 0 Å². The summed E-state index contributed by atoms with van der Waals surface area (Å²) in [5.74, 6) is 0.177. The van der Waals surface area contributed by atoms with Crippen LogP contribution in [0.2, 0.25) is 0 Å². The first-order valence-corrected chi connectivity index (χ1v) is 4.90. The van der Waals surface area contributed by atoms with Crippen LogP contribution < -0.4 is 9.88 Å². The van der Waals surface area contributed by atoms with Crippen molar-refractivity contribution in [3.8, 4) is 5.88 Å². The van der Waals surface area contributed by atoms with E-state index in [4.69, 9.17) is 9.88 Å². The van der Waals surface area contributed by atoms with E-state index in [1.807, 2.05) is 0 Å². The van der Waals surface area contributed by atoms with E-state index in [-0.39, 0.29) is 35.4 Å². The molecule has 0 aliphatic carbocycles. The van der Waals surface area contributed by atoms with E-state index in [9.17, 15) is 8.42 Å². The number of hydrogen-bond donors (Lipinski definition) is 1. The van der Waals surface area contributed by atoms with Gasteiger partial charge in [-0.1, -0.05) is 0 Å². The molecule has 0 aliphatic heterocycles. The smallest absolute Gasteiger partial charge is 0.273 e. The fourth-order valence-corrected chi connectivity index (χ4v) is 1.23. The van der Waals surface area contributed by atoms with Gasteiger partial charge in [0.15, 0.2) is 0 Å². The van der Waals surface area contributed by atoms with Crippen molar-refractivity contribution in [1.82, 2.24) is 9.97 Å². The molecule has 0 amide bonds. The molecule has 1 rings (SSSR count). The predicted octanol–water partition coefficient (Wildman–Crippen LogP) is -0.940. The first-order chi connectivity index (χ1) is 5.93. The van der Waals surface area contributed by atoms with Crippen molar-refractivity contribution in [1.29, 1.82) is 0 Å². The van der Waals surface area contributed by atoms with E-state index in [0.717, 1.165) is 0 Å². The van der Waals surface area contributed by atoms with Gasteiger partial charge in [-0.05, 0) is 6.92 Å². The van der Waals surface area contributed by atoms with Crippen LogP contribution in [-0.2, 0) is 10.0 Å². The van der Waals surface area contributed by atoms with Gasteiger partial charge in [0, 0.05) is 41.3 Å². The summed E-state index contributed by atoms with van der Waals surface area (Å²) in [5, 5.41) is 4.41. The van der Waals surface area contributed by atoms with Gasteiger partial charge < -0.3 is 4.74 Å². The van der Waals surface area contributed by atoms with Crippen LogP contribution in [-0.4, -0.2) is 55.1 Å². The number of nitrogens with two attached hydrogens (primary N) is 1. The monoisotopic (exact) mass is 226 g/mol. The van der Waals surface area contributed by atoms with Crippen molar-refractivity contribution >= 4 is 39.6 Å². The SMILES string of the molecule is COc1cc(C)nc(S(N)(=O)=O)n1.[Na]. The van der Waals surface area contributed by atoms with E-state index in [1.165, 1.54) is 13.2 Å². The molecule has 14 heavy (non-hydrogen) atoms. The number of ether oxygens (including phenoxy) is 1. The molecule has 6 nitrogen and oxygen atoms in total. The van der Waals surface area contributed by atoms with Gasteiger partial charge in [-0.3, -0.25) is 0 Å². The molecule has 0 saturated heterocycles. The van der Waals surface area contributed by atoms with Gasteiger partial charge in [0.25, 0.3) is 15.2 Å². The third kappa shape index (κ3) is 3.50. The Labute approximate surface area is 104 Å². The standard InChI is InChI=1S/C6H9N3O3S.Na/c1-4-3-5(12-2)9-6(8-4)13(7,10)11;/h3H,1-2H3,(H2,7,10,11);. The molecule has 0 saturated carbocycles. The molecular weight excluding hydrogens is 217 g/mol. The van der Waals surface area contributed by atoms with Gasteiger partial charge in [-0.2, -0.15) is 4.98 Å². The maximum absolute atomic E-state index is 10.9. The Bertz CT molecular complexity index is 420. The molecule has 1 radical (unpaired) electrons. The number of aromatic nitrogens is 2. The average Bonchev–Trinajstić information content (AvgIpc) is 2.01. The van der Waals surface area contributed by atoms with Crippen molar-refractivity contribution in [3.05, 3.63) is 11.8 Å². The van der Waals surface area contributed by atoms with Gasteiger partial charge >= 0.3 is 0 Å². The van der Waals surface area contributed by atoms with Crippen LogP contribution in [0.15, 0.2) is 11.2 Å². The summed E-state index contributed by atoms with van der Waals surface area (Å²) in [5.41, 5.74) is 0.482. The van der Waals surface area contributed by atoms with Crippen LogP contribution in [0.4, 0.5) is 0 Å². The van der Waals surface area contributed by atoms with Gasteiger partial charge in [0.1, 0.15) is 0 Å². The van der Waals surface area contributed by atoms with Gasteiger partial charge in [0.2, 0.25) is 5.88 Å². The molecule has 8 heteroatoms. The summed E-state index contributed by atoms with van der Waals surface area (Å²) in [6.07, 6.45) is 0. The maximum atomic E-state index is 10.9. The van der Waals surface area contributed by atoms with Crippen LogP contribution in [0.5, 0.6) is 5.88 Å². The van der Waals surface area contributed by atoms with Crippen LogP contribution in [0, 0.1) is 6.92 Å².